The fraction of sp³-hybridized carbons (Fsp3) is 0.600. The van der Waals surface area contributed by atoms with Gasteiger partial charge in [-0.25, -0.2) is 0 Å². The van der Waals surface area contributed by atoms with Crippen molar-refractivity contribution in [2.75, 3.05) is 0 Å². The minimum absolute atomic E-state index is 0. The van der Waals surface area contributed by atoms with Gasteiger partial charge in [0, 0.05) is 12.1 Å². The summed E-state index contributed by atoms with van der Waals surface area (Å²) in [5.41, 5.74) is 0.909. The van der Waals surface area contributed by atoms with E-state index < -0.39 is 6.10 Å². The average molecular weight is 239 g/mol. The summed E-state index contributed by atoms with van der Waals surface area (Å²) >= 11 is 0. The van der Waals surface area contributed by atoms with Crippen molar-refractivity contribution in [1.82, 2.24) is 4.90 Å². The molecule has 2 rings (SSSR count). The molecule has 2 nitrogen and oxygen atoms in total. The Kier molecular flexibility index (Phi) is 5.94. The molecule has 1 aromatic rings. The third kappa shape index (κ3) is 3.19. The van der Waals surface area contributed by atoms with E-state index >= 15 is 0 Å². The number of nitrogens with zero attached hydrogens (tertiary/aromatic N) is 1. The molecule has 1 saturated heterocycles. The molecule has 1 fully saturated rings. The normalized spacial score (nSPS) is 27.6. The van der Waals surface area contributed by atoms with Crippen LogP contribution in [0.5, 0.6) is 0 Å². The van der Waals surface area contributed by atoms with Gasteiger partial charge in [0.1, 0.15) is 0 Å². The van der Waals surface area contributed by atoms with Gasteiger partial charge in [-0.1, -0.05) is 48.9 Å². The summed E-state index contributed by atoms with van der Waals surface area (Å²) in [6.45, 7) is 6.54. The second-order valence-corrected chi connectivity index (χ2v) is 5.29. The molecule has 0 N–H and O–H groups in total. The smallest absolute Gasteiger partial charge is 0.847 e. The third-order valence-corrected chi connectivity index (χ3v) is 4.06. The molecule has 0 aliphatic carbocycles. The molecular weight excluding hydrogens is 217 g/mol. The van der Waals surface area contributed by atoms with Gasteiger partial charge in [-0.15, -0.1) is 0 Å². The Labute approximate surface area is 123 Å². The summed E-state index contributed by atoms with van der Waals surface area (Å²) in [6, 6.07) is 10.9. The molecule has 1 heterocycles. The molecule has 1 aliphatic rings. The van der Waals surface area contributed by atoms with E-state index in [0.717, 1.165) is 5.56 Å². The van der Waals surface area contributed by atoms with Crippen LogP contribution in [0.4, 0.5) is 0 Å². The molecule has 0 radical (unpaired) electrons. The van der Waals surface area contributed by atoms with Crippen LogP contribution in [-0.4, -0.2) is 23.0 Å². The molecule has 3 heteroatoms. The van der Waals surface area contributed by atoms with E-state index in [-0.39, 0.29) is 24.9 Å². The molecule has 0 amide bonds. The van der Waals surface area contributed by atoms with Crippen molar-refractivity contribution in [2.24, 2.45) is 0 Å². The van der Waals surface area contributed by atoms with Gasteiger partial charge in [-0.3, -0.25) is 4.90 Å². The summed E-state index contributed by atoms with van der Waals surface area (Å²) in [6.07, 6.45) is 1.79. The summed E-state index contributed by atoms with van der Waals surface area (Å²) in [7, 11) is 0. The van der Waals surface area contributed by atoms with Gasteiger partial charge in [-0.2, -0.15) is 0 Å². The Morgan fingerprint density at radius 1 is 1.11 bits per heavy atom. The van der Waals surface area contributed by atoms with Crippen molar-refractivity contribution in [3.05, 3.63) is 35.9 Å². The Morgan fingerprint density at radius 2 is 1.61 bits per heavy atom. The first kappa shape index (κ1) is 15.8. The second kappa shape index (κ2) is 6.77. The zero-order valence-electron chi connectivity index (χ0n) is 12.0. The van der Waals surface area contributed by atoms with Crippen LogP contribution in [-0.2, 0) is 0 Å². The Hall–Kier alpha value is -0.263. The topological polar surface area (TPSA) is 26.3 Å². The molecule has 0 spiro atoms. The van der Waals surface area contributed by atoms with E-state index in [1.165, 1.54) is 12.8 Å². The van der Waals surface area contributed by atoms with Crippen LogP contribution in [0.3, 0.4) is 0 Å². The molecule has 0 bridgehead atoms. The molecule has 1 aliphatic heterocycles. The summed E-state index contributed by atoms with van der Waals surface area (Å²) in [5, 5.41) is 12.5. The number of benzene rings is 1. The predicted octanol–water partition coefficient (Wildman–Crippen LogP) is -0.647. The quantitative estimate of drug-likeness (QED) is 0.656. The third-order valence-electron chi connectivity index (χ3n) is 4.06. The van der Waals surface area contributed by atoms with Crippen molar-refractivity contribution < 1.29 is 24.0 Å². The van der Waals surface area contributed by atoms with Crippen LogP contribution in [0.2, 0.25) is 0 Å². The largest absolute Gasteiger partial charge is 1.00 e. The number of hydrogen-bond donors (Lipinski definition) is 0. The minimum Gasteiger partial charge on any atom is -0.847 e. The van der Waals surface area contributed by atoms with E-state index in [9.17, 15) is 5.11 Å². The molecule has 0 aromatic heterocycles. The van der Waals surface area contributed by atoms with Crippen LogP contribution < -0.4 is 24.0 Å². The molecule has 0 unspecified atom stereocenters. The molecule has 1 aromatic carbocycles. The monoisotopic (exact) mass is 239 g/mol. The molecular formula is C15H22LiNO. The SMILES string of the molecule is C[C@@H]1CC[C@@H](C)N1[C@H](C)[C@@H]([O-])c1ccccc1.[Li+]. The first-order valence-corrected chi connectivity index (χ1v) is 6.59. The summed E-state index contributed by atoms with van der Waals surface area (Å²) in [4.78, 5) is 2.39. The van der Waals surface area contributed by atoms with Crippen molar-refractivity contribution in [2.45, 2.75) is 57.8 Å². The van der Waals surface area contributed by atoms with E-state index in [1.807, 2.05) is 30.3 Å². The van der Waals surface area contributed by atoms with Crippen LogP contribution in [0.15, 0.2) is 30.3 Å². The van der Waals surface area contributed by atoms with Gasteiger partial charge in [-0.05, 0) is 32.7 Å². The van der Waals surface area contributed by atoms with Crippen LogP contribution in [0.25, 0.3) is 0 Å². The second-order valence-electron chi connectivity index (χ2n) is 5.29. The van der Waals surface area contributed by atoms with Gasteiger partial charge < -0.3 is 5.11 Å². The first-order valence-electron chi connectivity index (χ1n) is 6.59. The van der Waals surface area contributed by atoms with Crippen LogP contribution in [0.1, 0.15) is 45.3 Å². The van der Waals surface area contributed by atoms with Crippen LogP contribution in [0, 0.1) is 0 Å². The maximum Gasteiger partial charge on any atom is 1.00 e. The number of likely N-dealkylation sites (tertiary alicyclic amines) is 1. The predicted molar refractivity (Wildman–Crippen MR) is 68.6 cm³/mol. The van der Waals surface area contributed by atoms with Gasteiger partial charge >= 0.3 is 18.9 Å². The van der Waals surface area contributed by atoms with Crippen molar-refractivity contribution in [1.29, 1.82) is 0 Å². The van der Waals surface area contributed by atoms with E-state index in [4.69, 9.17) is 0 Å². The zero-order valence-corrected chi connectivity index (χ0v) is 12.0. The van der Waals surface area contributed by atoms with E-state index in [2.05, 4.69) is 25.7 Å². The Morgan fingerprint density at radius 3 is 2.11 bits per heavy atom. The maximum atomic E-state index is 12.5. The summed E-state index contributed by atoms with van der Waals surface area (Å²) < 4.78 is 0. The fourth-order valence-electron chi connectivity index (χ4n) is 3.10. The van der Waals surface area contributed by atoms with E-state index in [0.29, 0.717) is 12.1 Å². The maximum absolute atomic E-state index is 12.5. The average Bonchev–Trinajstić information content (AvgIpc) is 2.68. The summed E-state index contributed by atoms with van der Waals surface area (Å²) in [5.74, 6) is 0. The minimum atomic E-state index is -0.640. The number of hydrogen-bond acceptors (Lipinski definition) is 2. The zero-order chi connectivity index (χ0) is 12.4. The van der Waals surface area contributed by atoms with Gasteiger partial charge in [0.25, 0.3) is 0 Å². The first-order chi connectivity index (χ1) is 8.11. The standard InChI is InChI=1S/C15H22NO.Li/c1-11-9-10-12(2)16(11)13(3)15(17)14-7-5-4-6-8-14;/h4-8,11-13,15H,9-10H2,1-3H3;/q-1;+1/t11-,12-,13-,15-;/m1./s1. The van der Waals surface area contributed by atoms with Crippen molar-refractivity contribution in [3.63, 3.8) is 0 Å². The van der Waals surface area contributed by atoms with E-state index in [1.54, 1.807) is 0 Å². The molecule has 4 atom stereocenters. The molecule has 18 heavy (non-hydrogen) atoms. The van der Waals surface area contributed by atoms with Crippen LogP contribution >= 0.6 is 0 Å². The van der Waals surface area contributed by atoms with Crippen molar-refractivity contribution >= 4 is 0 Å². The number of rotatable bonds is 3. The Bertz CT molecular complexity index is 347. The van der Waals surface area contributed by atoms with Gasteiger partial charge in [0.15, 0.2) is 0 Å². The molecule has 94 valence electrons. The van der Waals surface area contributed by atoms with Gasteiger partial charge in [0.05, 0.1) is 0 Å². The molecule has 0 saturated carbocycles. The van der Waals surface area contributed by atoms with Gasteiger partial charge in [0.2, 0.25) is 0 Å². The van der Waals surface area contributed by atoms with Crippen molar-refractivity contribution in [3.8, 4) is 0 Å². The Balaban J connectivity index is 0.00000162. The fourth-order valence-corrected chi connectivity index (χ4v) is 3.10.